The van der Waals surface area contributed by atoms with Crippen LogP contribution in [-0.2, 0) is 0 Å². The summed E-state index contributed by atoms with van der Waals surface area (Å²) in [6.45, 7) is 0. The fraction of sp³-hybridized carbons (Fsp3) is 0. The Morgan fingerprint density at radius 1 is 0.242 bits per heavy atom. The van der Waals surface area contributed by atoms with Crippen molar-refractivity contribution in [3.05, 3.63) is 218 Å². The van der Waals surface area contributed by atoms with Crippen LogP contribution in [0, 0.1) is 11.3 Å². The van der Waals surface area contributed by atoms with Crippen molar-refractivity contribution < 1.29 is 0 Å². The number of nitrogens with zero attached hydrogens (tertiary/aromatic N) is 7. The van der Waals surface area contributed by atoms with E-state index in [-0.39, 0.29) is 0 Å². The maximum absolute atomic E-state index is 9.59. The van der Waals surface area contributed by atoms with Crippen LogP contribution in [0.3, 0.4) is 0 Å². The largest absolute Gasteiger partial charge is 0.208 e. The molecule has 7 heteroatoms. The van der Waals surface area contributed by atoms with Gasteiger partial charge >= 0.3 is 0 Å². The Morgan fingerprint density at radius 2 is 0.565 bits per heavy atom. The van der Waals surface area contributed by atoms with Gasteiger partial charge in [0.05, 0.1) is 11.6 Å². The fourth-order valence-corrected chi connectivity index (χ4v) is 7.48. The highest BCUT2D eigenvalue weighted by Gasteiger charge is 2.17. The van der Waals surface area contributed by atoms with Crippen molar-refractivity contribution in [1.29, 1.82) is 5.26 Å². The third-order valence-electron chi connectivity index (χ3n) is 10.6. The van der Waals surface area contributed by atoms with E-state index in [9.17, 15) is 5.26 Å². The predicted molar refractivity (Wildman–Crippen MR) is 247 cm³/mol. The summed E-state index contributed by atoms with van der Waals surface area (Å²) in [6, 6.07) is 73.1. The van der Waals surface area contributed by atoms with Crippen molar-refractivity contribution in [3.63, 3.8) is 0 Å². The summed E-state index contributed by atoms with van der Waals surface area (Å²) in [6.07, 6.45) is 0. The summed E-state index contributed by atoms with van der Waals surface area (Å²) in [7, 11) is 0. The SMILES string of the molecule is N#Cc1ccc(-c2ccc(-c3cccc(-c4nc(-c5ccccc5)nc(-c5ccccc5)n4)c3)cc2-c2cccc(-c3nc(-c4ccccc4)nc(-c4ccccc4)n3)c2)cc1. The minimum Gasteiger partial charge on any atom is -0.208 e. The van der Waals surface area contributed by atoms with E-state index >= 15 is 0 Å². The summed E-state index contributed by atoms with van der Waals surface area (Å²) in [5.74, 6) is 3.58. The number of benzene rings is 8. The Kier molecular flexibility index (Phi) is 10.2. The molecular weight excluding hydrogens is 759 g/mol. The third-order valence-corrected chi connectivity index (χ3v) is 10.6. The molecule has 7 nitrogen and oxygen atoms in total. The van der Waals surface area contributed by atoms with E-state index in [0.717, 1.165) is 66.8 Å². The number of hydrogen-bond acceptors (Lipinski definition) is 7. The summed E-state index contributed by atoms with van der Waals surface area (Å²) in [5.41, 5.74) is 12.0. The van der Waals surface area contributed by atoms with Gasteiger partial charge in [-0.15, -0.1) is 0 Å². The molecule has 0 spiro atoms. The maximum Gasteiger partial charge on any atom is 0.164 e. The van der Waals surface area contributed by atoms with Crippen molar-refractivity contribution in [2.75, 3.05) is 0 Å². The van der Waals surface area contributed by atoms with E-state index in [1.165, 1.54) is 0 Å². The third kappa shape index (κ3) is 7.87. The van der Waals surface area contributed by atoms with E-state index in [2.05, 4.69) is 48.5 Å². The van der Waals surface area contributed by atoms with Crippen LogP contribution in [0.25, 0.3) is 102 Å². The van der Waals surface area contributed by atoms with Gasteiger partial charge < -0.3 is 0 Å². The first-order chi connectivity index (χ1) is 30.6. The van der Waals surface area contributed by atoms with E-state index < -0.39 is 0 Å². The Hall–Kier alpha value is -8.73. The molecule has 62 heavy (non-hydrogen) atoms. The first-order valence-corrected chi connectivity index (χ1v) is 20.3. The molecule has 0 N–H and O–H groups in total. The molecular formula is C55H35N7. The summed E-state index contributed by atoms with van der Waals surface area (Å²) >= 11 is 0. The average molecular weight is 794 g/mol. The minimum atomic E-state index is 0.574. The van der Waals surface area contributed by atoms with Crippen molar-refractivity contribution in [2.24, 2.45) is 0 Å². The molecule has 0 fully saturated rings. The number of aromatic nitrogens is 6. The second-order valence-electron chi connectivity index (χ2n) is 14.7. The monoisotopic (exact) mass is 793 g/mol. The van der Waals surface area contributed by atoms with Crippen LogP contribution in [0.2, 0.25) is 0 Å². The molecule has 0 saturated heterocycles. The molecule has 0 amide bonds. The highest BCUT2D eigenvalue weighted by atomic mass is 15.0. The zero-order chi connectivity index (χ0) is 41.7. The van der Waals surface area contributed by atoms with Gasteiger partial charge in [-0.05, 0) is 63.7 Å². The molecule has 10 rings (SSSR count). The normalized spacial score (nSPS) is 10.9. The van der Waals surface area contributed by atoms with Crippen LogP contribution in [0.4, 0.5) is 0 Å². The van der Waals surface area contributed by atoms with Crippen molar-refractivity contribution in [2.45, 2.75) is 0 Å². The molecule has 0 bridgehead atoms. The van der Waals surface area contributed by atoms with Gasteiger partial charge in [-0.2, -0.15) is 5.26 Å². The molecule has 8 aromatic carbocycles. The van der Waals surface area contributed by atoms with Crippen LogP contribution < -0.4 is 0 Å². The molecule has 0 unspecified atom stereocenters. The first-order valence-electron chi connectivity index (χ1n) is 20.3. The second kappa shape index (κ2) is 16.9. The van der Waals surface area contributed by atoms with E-state index in [1.54, 1.807) is 0 Å². The molecule has 0 atom stereocenters. The molecule has 2 heterocycles. The zero-order valence-corrected chi connectivity index (χ0v) is 33.3. The van der Waals surface area contributed by atoms with E-state index in [1.807, 2.05) is 170 Å². The summed E-state index contributed by atoms with van der Waals surface area (Å²) in [4.78, 5) is 29.8. The van der Waals surface area contributed by atoms with Crippen LogP contribution in [0.5, 0.6) is 0 Å². The van der Waals surface area contributed by atoms with Crippen LogP contribution in [-0.4, -0.2) is 29.9 Å². The van der Waals surface area contributed by atoms with Gasteiger partial charge in [0.2, 0.25) is 0 Å². The molecule has 0 aliphatic rings. The van der Waals surface area contributed by atoms with Crippen LogP contribution in [0.1, 0.15) is 5.56 Å². The summed E-state index contributed by atoms with van der Waals surface area (Å²) < 4.78 is 0. The molecule has 290 valence electrons. The smallest absolute Gasteiger partial charge is 0.164 e. The minimum absolute atomic E-state index is 0.574. The van der Waals surface area contributed by atoms with Crippen LogP contribution >= 0.6 is 0 Å². The highest BCUT2D eigenvalue weighted by Crippen LogP contribution is 2.38. The van der Waals surface area contributed by atoms with Gasteiger partial charge in [-0.1, -0.05) is 182 Å². The van der Waals surface area contributed by atoms with Gasteiger partial charge in [0.1, 0.15) is 0 Å². The van der Waals surface area contributed by atoms with Crippen molar-refractivity contribution in [1.82, 2.24) is 29.9 Å². The molecule has 0 radical (unpaired) electrons. The lowest BCUT2D eigenvalue weighted by Gasteiger charge is -2.15. The van der Waals surface area contributed by atoms with E-state index in [0.29, 0.717) is 40.5 Å². The molecule has 2 aromatic heterocycles. The number of hydrogen-bond donors (Lipinski definition) is 0. The van der Waals surface area contributed by atoms with Gasteiger partial charge in [-0.3, -0.25) is 0 Å². The van der Waals surface area contributed by atoms with Gasteiger partial charge in [0.15, 0.2) is 34.9 Å². The van der Waals surface area contributed by atoms with Gasteiger partial charge in [0, 0.05) is 33.4 Å². The Balaban J connectivity index is 1.10. The van der Waals surface area contributed by atoms with Crippen molar-refractivity contribution >= 4 is 0 Å². The lowest BCUT2D eigenvalue weighted by molar-refractivity contribution is 1.07. The molecule has 0 aliphatic heterocycles. The molecule has 0 saturated carbocycles. The average Bonchev–Trinajstić information content (AvgIpc) is 3.37. The lowest BCUT2D eigenvalue weighted by atomic mass is 9.90. The maximum atomic E-state index is 9.59. The fourth-order valence-electron chi connectivity index (χ4n) is 7.48. The number of rotatable bonds is 9. The van der Waals surface area contributed by atoms with Gasteiger partial charge in [0.25, 0.3) is 0 Å². The Bertz CT molecular complexity index is 3110. The topological polar surface area (TPSA) is 101 Å². The first kappa shape index (κ1) is 37.5. The molecule has 10 aromatic rings. The zero-order valence-electron chi connectivity index (χ0n) is 33.3. The second-order valence-corrected chi connectivity index (χ2v) is 14.7. The standard InChI is InChI=1S/C55H35N7/c56-36-37-27-29-38(30-28-37)48-32-31-44(43-23-13-25-46(33-43)54-59-50(39-15-5-1-6-16-39)57-51(60-54)40-17-7-2-8-18-40)35-49(48)45-24-14-26-47(34-45)55-61-52(41-19-9-3-10-20-41)58-53(62-55)42-21-11-4-12-22-42/h1-35H. The quantitative estimate of drug-likeness (QED) is 0.143. The van der Waals surface area contributed by atoms with Gasteiger partial charge in [-0.25, -0.2) is 29.9 Å². The van der Waals surface area contributed by atoms with Crippen LogP contribution in [0.15, 0.2) is 212 Å². The molecule has 0 aliphatic carbocycles. The highest BCUT2D eigenvalue weighted by molar-refractivity contribution is 5.89. The lowest BCUT2D eigenvalue weighted by Crippen LogP contribution is -2.00. The number of nitriles is 1. The Morgan fingerprint density at radius 3 is 0.984 bits per heavy atom. The Labute approximate surface area is 359 Å². The van der Waals surface area contributed by atoms with E-state index in [4.69, 9.17) is 29.9 Å². The predicted octanol–water partition coefficient (Wildman–Crippen LogP) is 12.9. The van der Waals surface area contributed by atoms with Crippen molar-refractivity contribution in [3.8, 4) is 108 Å². The summed E-state index contributed by atoms with van der Waals surface area (Å²) in [5, 5.41) is 9.59.